The molecule has 6 heteroatoms. The van der Waals surface area contributed by atoms with Crippen LogP contribution in [0.1, 0.15) is 29.8 Å². The summed E-state index contributed by atoms with van der Waals surface area (Å²) in [4.78, 5) is 24.0. The Kier molecular flexibility index (Phi) is 6.17. The van der Waals surface area contributed by atoms with Crippen LogP contribution in [0.4, 0.5) is 5.69 Å². The van der Waals surface area contributed by atoms with E-state index < -0.39 is 5.91 Å². The summed E-state index contributed by atoms with van der Waals surface area (Å²) in [7, 11) is 0. The smallest absolute Gasteiger partial charge is 0.273 e. The molecule has 0 fully saturated rings. The number of nitrogens with one attached hydrogen (secondary N) is 3. The second kappa shape index (κ2) is 8.54. The minimum absolute atomic E-state index is 0.114. The van der Waals surface area contributed by atoms with Crippen LogP contribution in [0.15, 0.2) is 60.3 Å². The van der Waals surface area contributed by atoms with Gasteiger partial charge >= 0.3 is 0 Å². The first-order valence-electron chi connectivity index (χ1n) is 7.92. The van der Waals surface area contributed by atoms with Gasteiger partial charge in [-0.15, -0.1) is 0 Å². The number of anilines is 1. The lowest BCUT2D eigenvalue weighted by atomic mass is 10.1. The molecule has 0 aromatic heterocycles. The molecule has 0 bridgehead atoms. The second-order valence-electron chi connectivity index (χ2n) is 5.42. The molecule has 0 saturated carbocycles. The number of hydrogen-bond acceptors (Lipinski definition) is 4. The summed E-state index contributed by atoms with van der Waals surface area (Å²) in [6, 6.07) is 13.8. The van der Waals surface area contributed by atoms with Crippen molar-refractivity contribution in [3.8, 4) is 5.75 Å². The van der Waals surface area contributed by atoms with E-state index in [1.807, 2.05) is 31.2 Å². The first-order chi connectivity index (χ1) is 12.0. The van der Waals surface area contributed by atoms with E-state index in [0.29, 0.717) is 5.70 Å². The summed E-state index contributed by atoms with van der Waals surface area (Å²) < 4.78 is 0. The Morgan fingerprint density at radius 2 is 1.72 bits per heavy atom. The molecule has 0 radical (unpaired) electrons. The second-order valence-corrected chi connectivity index (χ2v) is 5.42. The number of allylic oxidation sites excluding steroid dienone is 1. The molecule has 0 unspecified atom stereocenters. The summed E-state index contributed by atoms with van der Waals surface area (Å²) in [5.41, 5.74) is 7.48. The maximum Gasteiger partial charge on any atom is 0.273 e. The number of hydrazine groups is 1. The van der Waals surface area contributed by atoms with Crippen LogP contribution in [-0.2, 0) is 11.2 Å². The standard InChI is InChI=1S/C19H21N3O3/c1-3-14-8-4-6-10-16(14)20-18(24)12-13(2)21-22-19(25)15-9-5-7-11-17(15)23/h4-12,21,23H,3H2,1-2H3,(H,20,24)(H,22,25). The maximum absolute atomic E-state index is 12.1. The van der Waals surface area contributed by atoms with Gasteiger partial charge in [-0.1, -0.05) is 37.3 Å². The zero-order chi connectivity index (χ0) is 18.2. The van der Waals surface area contributed by atoms with E-state index in [2.05, 4.69) is 16.2 Å². The summed E-state index contributed by atoms with van der Waals surface area (Å²) in [6.45, 7) is 3.67. The molecule has 0 aliphatic rings. The van der Waals surface area contributed by atoms with Crippen molar-refractivity contribution in [3.63, 3.8) is 0 Å². The lowest BCUT2D eigenvalue weighted by Crippen LogP contribution is -2.36. The molecule has 130 valence electrons. The molecule has 25 heavy (non-hydrogen) atoms. The van der Waals surface area contributed by atoms with E-state index in [9.17, 15) is 14.7 Å². The third kappa shape index (κ3) is 5.10. The number of rotatable bonds is 6. The fourth-order valence-electron chi connectivity index (χ4n) is 2.24. The van der Waals surface area contributed by atoms with Crippen LogP contribution in [0.5, 0.6) is 5.75 Å². The highest BCUT2D eigenvalue weighted by atomic mass is 16.3. The van der Waals surface area contributed by atoms with Crippen LogP contribution in [0.25, 0.3) is 0 Å². The Bertz CT molecular complexity index is 800. The van der Waals surface area contributed by atoms with Crippen LogP contribution >= 0.6 is 0 Å². The monoisotopic (exact) mass is 339 g/mol. The quantitative estimate of drug-likeness (QED) is 0.481. The highest BCUT2D eigenvalue weighted by molar-refractivity contribution is 6.00. The number of aromatic hydroxyl groups is 1. The summed E-state index contributed by atoms with van der Waals surface area (Å²) in [6.07, 6.45) is 2.16. The molecule has 2 aromatic rings. The van der Waals surface area contributed by atoms with Gasteiger partial charge in [0.25, 0.3) is 5.91 Å². The van der Waals surface area contributed by atoms with E-state index >= 15 is 0 Å². The van der Waals surface area contributed by atoms with Crippen molar-refractivity contribution in [2.24, 2.45) is 0 Å². The average molecular weight is 339 g/mol. The Morgan fingerprint density at radius 1 is 1.04 bits per heavy atom. The number of phenols is 1. The molecule has 2 amide bonds. The largest absolute Gasteiger partial charge is 0.507 e. The molecular formula is C19H21N3O3. The molecule has 6 nitrogen and oxygen atoms in total. The van der Waals surface area contributed by atoms with Crippen molar-refractivity contribution < 1.29 is 14.7 Å². The van der Waals surface area contributed by atoms with Gasteiger partial charge in [0.05, 0.1) is 5.56 Å². The lowest BCUT2D eigenvalue weighted by Gasteiger charge is -2.11. The summed E-state index contributed by atoms with van der Waals surface area (Å²) >= 11 is 0. The van der Waals surface area contributed by atoms with E-state index in [4.69, 9.17) is 0 Å². The third-order valence-electron chi connectivity index (χ3n) is 3.53. The molecule has 2 rings (SSSR count). The van der Waals surface area contributed by atoms with Gasteiger partial charge in [-0.2, -0.15) is 0 Å². The summed E-state index contributed by atoms with van der Waals surface area (Å²) in [5.74, 6) is -0.914. The number of carbonyl (C=O) groups is 2. The Morgan fingerprint density at radius 3 is 2.44 bits per heavy atom. The van der Waals surface area contributed by atoms with Gasteiger partial charge in [-0.3, -0.25) is 15.0 Å². The summed E-state index contributed by atoms with van der Waals surface area (Å²) in [5, 5.41) is 12.5. The lowest BCUT2D eigenvalue weighted by molar-refractivity contribution is -0.112. The molecule has 0 heterocycles. The van der Waals surface area contributed by atoms with Crippen molar-refractivity contribution in [1.29, 1.82) is 0 Å². The molecule has 2 aromatic carbocycles. The average Bonchev–Trinajstić information content (AvgIpc) is 2.60. The number of amides is 2. The maximum atomic E-state index is 12.1. The van der Waals surface area contributed by atoms with E-state index in [0.717, 1.165) is 17.7 Å². The van der Waals surface area contributed by atoms with Gasteiger partial charge < -0.3 is 15.8 Å². The highest BCUT2D eigenvalue weighted by Gasteiger charge is 2.09. The number of para-hydroxylation sites is 2. The van der Waals surface area contributed by atoms with Crippen molar-refractivity contribution in [1.82, 2.24) is 10.9 Å². The first kappa shape index (κ1) is 18.1. The Balaban J connectivity index is 1.93. The van der Waals surface area contributed by atoms with Gasteiger partial charge in [0, 0.05) is 17.5 Å². The van der Waals surface area contributed by atoms with Crippen LogP contribution in [0.2, 0.25) is 0 Å². The molecule has 4 N–H and O–H groups in total. The highest BCUT2D eigenvalue weighted by Crippen LogP contribution is 2.16. The van der Waals surface area contributed by atoms with Gasteiger partial charge in [0.1, 0.15) is 5.75 Å². The fraction of sp³-hybridized carbons (Fsp3) is 0.158. The van der Waals surface area contributed by atoms with E-state index in [1.54, 1.807) is 19.1 Å². The van der Waals surface area contributed by atoms with Gasteiger partial charge in [-0.25, -0.2) is 0 Å². The topological polar surface area (TPSA) is 90.5 Å². The predicted molar refractivity (Wildman–Crippen MR) is 96.9 cm³/mol. The number of carbonyl (C=O) groups excluding carboxylic acids is 2. The van der Waals surface area contributed by atoms with Gasteiger partial charge in [-0.05, 0) is 37.1 Å². The molecule has 0 aliphatic heterocycles. The third-order valence-corrected chi connectivity index (χ3v) is 3.53. The fourth-order valence-corrected chi connectivity index (χ4v) is 2.24. The normalized spacial score (nSPS) is 10.9. The SMILES string of the molecule is CCc1ccccc1NC(=O)C=C(C)NNC(=O)c1ccccc1O. The predicted octanol–water partition coefficient (Wildman–Crippen LogP) is 2.73. The first-order valence-corrected chi connectivity index (χ1v) is 7.92. The van der Waals surface area contributed by atoms with Crippen LogP contribution in [0, 0.1) is 0 Å². The number of phenolic OH excluding ortho intramolecular Hbond substituents is 1. The van der Waals surface area contributed by atoms with Crippen molar-refractivity contribution in [3.05, 3.63) is 71.4 Å². The minimum atomic E-state index is -0.498. The van der Waals surface area contributed by atoms with Crippen molar-refractivity contribution >= 4 is 17.5 Å². The minimum Gasteiger partial charge on any atom is -0.507 e. The Labute approximate surface area is 146 Å². The van der Waals surface area contributed by atoms with Crippen molar-refractivity contribution in [2.45, 2.75) is 20.3 Å². The molecule has 0 saturated heterocycles. The zero-order valence-corrected chi connectivity index (χ0v) is 14.2. The zero-order valence-electron chi connectivity index (χ0n) is 14.2. The van der Waals surface area contributed by atoms with Crippen molar-refractivity contribution in [2.75, 3.05) is 5.32 Å². The molecule has 0 atom stereocenters. The number of hydrogen-bond donors (Lipinski definition) is 4. The Hall–Kier alpha value is -3.28. The van der Waals surface area contributed by atoms with Crippen LogP contribution in [-0.4, -0.2) is 16.9 Å². The number of benzene rings is 2. The van der Waals surface area contributed by atoms with Crippen LogP contribution < -0.4 is 16.2 Å². The van der Waals surface area contributed by atoms with E-state index in [1.165, 1.54) is 18.2 Å². The molecule has 0 aliphatic carbocycles. The van der Waals surface area contributed by atoms with Gasteiger partial charge in [0.2, 0.25) is 5.91 Å². The molecular weight excluding hydrogens is 318 g/mol. The van der Waals surface area contributed by atoms with Crippen LogP contribution in [0.3, 0.4) is 0 Å². The number of aryl methyl sites for hydroxylation is 1. The van der Waals surface area contributed by atoms with Gasteiger partial charge in [0.15, 0.2) is 0 Å². The molecule has 0 spiro atoms. The van der Waals surface area contributed by atoms with E-state index in [-0.39, 0.29) is 17.2 Å².